The summed E-state index contributed by atoms with van der Waals surface area (Å²) in [7, 11) is 0. The average molecular weight is 559 g/mol. The van der Waals surface area contributed by atoms with Crippen LogP contribution in [-0.4, -0.2) is 73.4 Å². The van der Waals surface area contributed by atoms with E-state index in [2.05, 4.69) is 0 Å². The quantitative estimate of drug-likeness (QED) is 0.262. The number of hydrogen-bond donors (Lipinski definition) is 0. The monoisotopic (exact) mass is 558 g/mol. The lowest BCUT2D eigenvalue weighted by molar-refractivity contribution is -0.203. The molecule has 0 spiro atoms. The van der Waals surface area contributed by atoms with Crippen LogP contribution in [0.15, 0.2) is 60.7 Å². The van der Waals surface area contributed by atoms with E-state index in [0.29, 0.717) is 0 Å². The number of carbonyl (C=O) groups is 6. The fraction of sp³-hybridized carbons (Fsp3) is 0.357. The van der Waals surface area contributed by atoms with Crippen LogP contribution in [0.4, 0.5) is 0 Å². The molecule has 0 amide bonds. The lowest BCUT2D eigenvalue weighted by Crippen LogP contribution is -2.54. The van der Waals surface area contributed by atoms with Crippen molar-refractivity contribution in [3.05, 3.63) is 71.8 Å². The molecule has 0 aliphatic carbocycles. The maximum absolute atomic E-state index is 12.5. The van der Waals surface area contributed by atoms with Gasteiger partial charge in [-0.1, -0.05) is 36.4 Å². The Bertz CT molecular complexity index is 1080. The zero-order valence-corrected chi connectivity index (χ0v) is 22.4. The Kier molecular flexibility index (Phi) is 12.3. The second-order valence-corrected chi connectivity index (χ2v) is 8.37. The van der Waals surface area contributed by atoms with Gasteiger partial charge in [0.25, 0.3) is 0 Å². The van der Waals surface area contributed by atoms with Gasteiger partial charge in [-0.25, -0.2) is 9.59 Å². The zero-order chi connectivity index (χ0) is 29.7. The van der Waals surface area contributed by atoms with Gasteiger partial charge in [0.05, 0.1) is 11.1 Å². The smallest absolute Gasteiger partial charge is 0.338 e. The molecule has 0 saturated heterocycles. The van der Waals surface area contributed by atoms with Crippen LogP contribution in [0.1, 0.15) is 48.4 Å². The molecule has 0 unspecified atom stereocenters. The molecule has 214 valence electrons. The van der Waals surface area contributed by atoms with E-state index in [9.17, 15) is 28.8 Å². The van der Waals surface area contributed by atoms with Crippen molar-refractivity contribution in [2.75, 3.05) is 13.2 Å². The number of carbonyl (C=O) groups excluding carboxylic acids is 6. The number of esters is 6. The van der Waals surface area contributed by atoms with Crippen molar-refractivity contribution in [1.29, 1.82) is 0 Å². The average Bonchev–Trinajstić information content (AvgIpc) is 2.91. The van der Waals surface area contributed by atoms with Gasteiger partial charge in [-0.2, -0.15) is 0 Å². The first-order valence-corrected chi connectivity index (χ1v) is 12.1. The predicted octanol–water partition coefficient (Wildman–Crippen LogP) is 2.43. The predicted molar refractivity (Wildman–Crippen MR) is 136 cm³/mol. The summed E-state index contributed by atoms with van der Waals surface area (Å²) in [4.78, 5) is 73.2. The molecule has 2 rings (SSSR count). The van der Waals surface area contributed by atoms with Gasteiger partial charge in [0, 0.05) is 27.7 Å². The van der Waals surface area contributed by atoms with E-state index in [-0.39, 0.29) is 11.1 Å². The van der Waals surface area contributed by atoms with E-state index in [4.69, 9.17) is 28.4 Å². The molecule has 40 heavy (non-hydrogen) atoms. The van der Waals surface area contributed by atoms with Gasteiger partial charge in [-0.3, -0.25) is 19.2 Å². The molecule has 0 radical (unpaired) electrons. The summed E-state index contributed by atoms with van der Waals surface area (Å²) < 4.78 is 31.8. The summed E-state index contributed by atoms with van der Waals surface area (Å²) in [5, 5.41) is 0. The maximum Gasteiger partial charge on any atom is 0.338 e. The molecule has 0 saturated carbocycles. The van der Waals surface area contributed by atoms with Crippen LogP contribution in [-0.2, 0) is 47.6 Å². The molecule has 0 aromatic heterocycles. The Morgan fingerprint density at radius 1 is 0.500 bits per heavy atom. The van der Waals surface area contributed by atoms with Crippen LogP contribution >= 0.6 is 0 Å². The first-order chi connectivity index (χ1) is 19.0. The third kappa shape index (κ3) is 10.6. The van der Waals surface area contributed by atoms with Gasteiger partial charge < -0.3 is 28.4 Å². The lowest BCUT2D eigenvalue weighted by atomic mass is 10.0. The SMILES string of the molecule is CC(=O)O[C@H]([C@H](OC(C)=O)[C@@H](COC(=O)c1ccccc1)OC(C)=O)[C@H](COC(=O)c1ccccc1)OC(C)=O. The highest BCUT2D eigenvalue weighted by Gasteiger charge is 2.44. The summed E-state index contributed by atoms with van der Waals surface area (Å²) in [6, 6.07) is 15.8. The van der Waals surface area contributed by atoms with Crippen molar-refractivity contribution in [2.45, 2.75) is 52.1 Å². The number of rotatable bonds is 13. The highest BCUT2D eigenvalue weighted by Crippen LogP contribution is 2.21. The fourth-order valence-electron chi connectivity index (χ4n) is 3.54. The molecular weight excluding hydrogens is 528 g/mol. The summed E-state index contributed by atoms with van der Waals surface area (Å²) in [6.07, 6.45) is -6.37. The van der Waals surface area contributed by atoms with Crippen molar-refractivity contribution in [3.8, 4) is 0 Å². The minimum atomic E-state index is -1.66. The molecule has 0 aliphatic heterocycles. The Morgan fingerprint density at radius 2 is 0.800 bits per heavy atom. The third-order valence-corrected chi connectivity index (χ3v) is 5.07. The molecule has 2 aromatic carbocycles. The molecule has 0 aliphatic rings. The summed E-state index contributed by atoms with van der Waals surface area (Å²) in [5.74, 6) is -5.04. The van der Waals surface area contributed by atoms with Crippen LogP contribution in [0.5, 0.6) is 0 Å². The lowest BCUT2D eigenvalue weighted by Gasteiger charge is -2.35. The van der Waals surface area contributed by atoms with Crippen LogP contribution in [0.25, 0.3) is 0 Å². The summed E-state index contributed by atoms with van der Waals surface area (Å²) in [6.45, 7) is 2.91. The van der Waals surface area contributed by atoms with E-state index in [1.807, 2.05) is 0 Å². The van der Waals surface area contributed by atoms with Crippen LogP contribution < -0.4 is 0 Å². The molecule has 12 nitrogen and oxygen atoms in total. The second kappa shape index (κ2) is 15.6. The normalized spacial score (nSPS) is 13.4. The van der Waals surface area contributed by atoms with Crippen LogP contribution in [0.3, 0.4) is 0 Å². The summed E-state index contributed by atoms with van der Waals surface area (Å²) >= 11 is 0. The fourth-order valence-corrected chi connectivity index (χ4v) is 3.54. The Hall–Kier alpha value is -4.74. The summed E-state index contributed by atoms with van der Waals surface area (Å²) in [5.41, 5.74) is 0.380. The largest absolute Gasteiger partial charge is 0.458 e. The third-order valence-electron chi connectivity index (χ3n) is 5.07. The number of hydrogen-bond acceptors (Lipinski definition) is 12. The molecule has 12 heteroatoms. The van der Waals surface area contributed by atoms with E-state index < -0.39 is 73.4 Å². The standard InChI is InChI=1S/C28H30O12/c1-17(29)37-23(15-35-27(33)21-11-7-5-8-12-21)25(39-19(3)31)26(40-20(4)32)24(38-18(2)30)16-36-28(34)22-13-9-6-10-14-22/h5-14,23-26H,15-16H2,1-4H3/t23-,24+,25-,26+. The topological polar surface area (TPSA) is 158 Å². The van der Waals surface area contributed by atoms with E-state index in [1.165, 1.54) is 24.3 Å². The molecule has 0 fully saturated rings. The van der Waals surface area contributed by atoms with E-state index in [0.717, 1.165) is 27.7 Å². The highest BCUT2D eigenvalue weighted by atomic mass is 16.6. The number of ether oxygens (including phenoxy) is 6. The molecule has 4 atom stereocenters. The van der Waals surface area contributed by atoms with Crippen LogP contribution in [0.2, 0.25) is 0 Å². The van der Waals surface area contributed by atoms with Crippen molar-refractivity contribution in [2.24, 2.45) is 0 Å². The zero-order valence-electron chi connectivity index (χ0n) is 22.4. The number of benzene rings is 2. The molecular formula is C28H30O12. The molecule has 0 bridgehead atoms. The van der Waals surface area contributed by atoms with E-state index in [1.54, 1.807) is 36.4 Å². The Balaban J connectivity index is 2.41. The van der Waals surface area contributed by atoms with Crippen molar-refractivity contribution in [1.82, 2.24) is 0 Å². The molecule has 0 N–H and O–H groups in total. The highest BCUT2D eigenvalue weighted by molar-refractivity contribution is 5.89. The minimum absolute atomic E-state index is 0.190. The second-order valence-electron chi connectivity index (χ2n) is 8.37. The van der Waals surface area contributed by atoms with Crippen molar-refractivity contribution < 1.29 is 57.2 Å². The van der Waals surface area contributed by atoms with Gasteiger partial charge in [-0.15, -0.1) is 0 Å². The van der Waals surface area contributed by atoms with Gasteiger partial charge in [0.15, 0.2) is 24.4 Å². The van der Waals surface area contributed by atoms with Crippen molar-refractivity contribution in [3.63, 3.8) is 0 Å². The first-order valence-electron chi connectivity index (χ1n) is 12.1. The Labute approximate surface area is 230 Å². The van der Waals surface area contributed by atoms with Gasteiger partial charge >= 0.3 is 35.8 Å². The van der Waals surface area contributed by atoms with Gasteiger partial charge in [-0.05, 0) is 24.3 Å². The maximum atomic E-state index is 12.5. The van der Waals surface area contributed by atoms with E-state index >= 15 is 0 Å². The molecule has 2 aromatic rings. The van der Waals surface area contributed by atoms with Crippen LogP contribution in [0, 0.1) is 0 Å². The Morgan fingerprint density at radius 3 is 1.07 bits per heavy atom. The van der Waals surface area contributed by atoms with Gasteiger partial charge in [0.2, 0.25) is 0 Å². The minimum Gasteiger partial charge on any atom is -0.458 e. The molecule has 0 heterocycles. The first kappa shape index (κ1) is 31.5. The van der Waals surface area contributed by atoms with Crippen molar-refractivity contribution >= 4 is 35.8 Å². The van der Waals surface area contributed by atoms with Gasteiger partial charge in [0.1, 0.15) is 13.2 Å².